The molecule has 0 N–H and O–H groups in total. The monoisotopic (exact) mass is 506 g/mol. The molecule has 12 heteroatoms. The summed E-state index contributed by atoms with van der Waals surface area (Å²) in [4.78, 5) is 25.2. The molecule has 0 saturated carbocycles. The molecule has 0 atom stereocenters. The van der Waals surface area contributed by atoms with Gasteiger partial charge in [-0.3, -0.25) is 9.59 Å². The SMILES string of the molecule is CSc1ssc(=O)c1SCCOCCOCCSc1c(SC)ssc1=O. The largest absolute Gasteiger partial charge is 0.378 e. The molecule has 0 unspecified atom stereocenters. The number of thioether (sulfide) groups is 4. The number of hydrogen-bond acceptors (Lipinski definition) is 12. The summed E-state index contributed by atoms with van der Waals surface area (Å²) in [6.07, 6.45) is 3.99. The first-order valence-corrected chi connectivity index (χ1v) is 16.1. The van der Waals surface area contributed by atoms with Crippen LogP contribution in [0.15, 0.2) is 27.8 Å². The van der Waals surface area contributed by atoms with E-state index in [1.807, 2.05) is 12.5 Å². The summed E-state index contributed by atoms with van der Waals surface area (Å²) in [5, 5.41) is 0. The van der Waals surface area contributed by atoms with Crippen molar-refractivity contribution in [1.82, 2.24) is 0 Å². The van der Waals surface area contributed by atoms with Gasteiger partial charge in [-0.15, -0.1) is 47.0 Å². The zero-order chi connectivity index (χ0) is 18.8. The quantitative estimate of drug-likeness (QED) is 0.213. The van der Waals surface area contributed by atoms with Gasteiger partial charge in [0.25, 0.3) is 9.48 Å². The lowest BCUT2D eigenvalue weighted by Crippen LogP contribution is -2.09. The maximum Gasteiger partial charge on any atom is 0.257 e. The molecule has 0 spiro atoms. The molecular weight excluding hydrogens is 489 g/mol. The number of rotatable bonds is 13. The van der Waals surface area contributed by atoms with E-state index in [1.54, 1.807) is 67.7 Å². The maximum atomic E-state index is 11.7. The van der Waals surface area contributed by atoms with E-state index in [1.165, 1.54) is 20.7 Å². The predicted molar refractivity (Wildman–Crippen MR) is 124 cm³/mol. The third-order valence-electron chi connectivity index (χ3n) is 2.82. The minimum Gasteiger partial charge on any atom is -0.378 e. The average molecular weight is 507 g/mol. The van der Waals surface area contributed by atoms with Crippen molar-refractivity contribution >= 4 is 88.4 Å². The van der Waals surface area contributed by atoms with Crippen molar-refractivity contribution in [1.29, 1.82) is 0 Å². The Morgan fingerprint density at radius 1 is 0.692 bits per heavy atom. The lowest BCUT2D eigenvalue weighted by atomic mass is 10.7. The Hall–Kier alpha value is 1.02. The fourth-order valence-corrected chi connectivity index (χ4v) is 11.8. The molecular formula is C14H18O4S8. The lowest BCUT2D eigenvalue weighted by molar-refractivity contribution is 0.0605. The van der Waals surface area contributed by atoms with Crippen LogP contribution in [0.5, 0.6) is 0 Å². The maximum absolute atomic E-state index is 11.7. The lowest BCUT2D eigenvalue weighted by Gasteiger charge is -2.05. The van der Waals surface area contributed by atoms with Crippen LogP contribution in [0.3, 0.4) is 0 Å². The van der Waals surface area contributed by atoms with Gasteiger partial charge in [-0.1, -0.05) is 20.7 Å². The summed E-state index contributed by atoms with van der Waals surface area (Å²) in [5.41, 5.74) is 0. The summed E-state index contributed by atoms with van der Waals surface area (Å²) >= 11 is 6.38. The van der Waals surface area contributed by atoms with Gasteiger partial charge in [-0.2, -0.15) is 0 Å². The minimum absolute atomic E-state index is 0.155. The van der Waals surface area contributed by atoms with E-state index >= 15 is 0 Å². The minimum atomic E-state index is 0.155. The van der Waals surface area contributed by atoms with Gasteiger partial charge in [0.15, 0.2) is 0 Å². The molecule has 2 aromatic rings. The highest BCUT2D eigenvalue weighted by Gasteiger charge is 2.11. The van der Waals surface area contributed by atoms with Crippen LogP contribution in [-0.2, 0) is 9.47 Å². The third-order valence-corrected chi connectivity index (χ3v) is 13.0. The van der Waals surface area contributed by atoms with Gasteiger partial charge in [0.05, 0.1) is 44.6 Å². The van der Waals surface area contributed by atoms with Gasteiger partial charge in [0.1, 0.15) is 0 Å². The fraction of sp³-hybridized carbons (Fsp3) is 0.571. The summed E-state index contributed by atoms with van der Waals surface area (Å²) in [5.74, 6) is 1.54. The van der Waals surface area contributed by atoms with Gasteiger partial charge in [0.2, 0.25) is 0 Å². The summed E-state index contributed by atoms with van der Waals surface area (Å²) in [6.45, 7) is 2.29. The molecule has 0 bridgehead atoms. The van der Waals surface area contributed by atoms with Crippen molar-refractivity contribution in [3.8, 4) is 0 Å². The Labute approximate surface area is 184 Å². The van der Waals surface area contributed by atoms with E-state index in [-0.39, 0.29) is 9.48 Å². The smallest absolute Gasteiger partial charge is 0.257 e. The molecule has 0 aromatic carbocycles. The molecule has 26 heavy (non-hydrogen) atoms. The van der Waals surface area contributed by atoms with E-state index in [9.17, 15) is 9.59 Å². The van der Waals surface area contributed by atoms with Crippen LogP contribution >= 0.6 is 88.4 Å². The van der Waals surface area contributed by atoms with Crippen LogP contribution in [0.4, 0.5) is 0 Å². The van der Waals surface area contributed by atoms with Crippen LogP contribution in [0.25, 0.3) is 0 Å². The molecule has 0 amide bonds. The van der Waals surface area contributed by atoms with E-state index in [4.69, 9.17) is 9.47 Å². The molecule has 0 saturated heterocycles. The standard InChI is InChI=1S/C14H18O4S8/c1-19-13-9(11(15)23-25-13)21-7-5-17-3-4-18-6-8-22-10-12(16)24-26-14(10)20-2/h3-8H2,1-2H3. The molecule has 0 aliphatic carbocycles. The van der Waals surface area contributed by atoms with E-state index in [2.05, 4.69) is 0 Å². The molecule has 2 rings (SSSR count). The van der Waals surface area contributed by atoms with Crippen molar-refractivity contribution in [2.24, 2.45) is 0 Å². The summed E-state index contributed by atoms with van der Waals surface area (Å²) < 4.78 is 13.6. The van der Waals surface area contributed by atoms with Crippen molar-refractivity contribution in [3.63, 3.8) is 0 Å². The van der Waals surface area contributed by atoms with Gasteiger partial charge < -0.3 is 9.47 Å². The first-order chi connectivity index (χ1) is 12.7. The van der Waals surface area contributed by atoms with Gasteiger partial charge in [0, 0.05) is 11.5 Å². The van der Waals surface area contributed by atoms with Crippen LogP contribution < -0.4 is 9.48 Å². The van der Waals surface area contributed by atoms with Gasteiger partial charge in [-0.05, 0) is 33.2 Å². The van der Waals surface area contributed by atoms with Crippen molar-refractivity contribution in [2.45, 2.75) is 18.2 Å². The fourth-order valence-electron chi connectivity index (χ4n) is 1.69. The number of ether oxygens (including phenoxy) is 2. The second kappa shape index (κ2) is 13.3. The van der Waals surface area contributed by atoms with Gasteiger partial charge in [-0.25, -0.2) is 0 Å². The molecule has 2 heterocycles. The first-order valence-electron chi connectivity index (χ1n) is 7.42. The first kappa shape index (κ1) is 23.3. The average Bonchev–Trinajstić information content (AvgIpc) is 3.19. The third kappa shape index (κ3) is 7.45. The zero-order valence-electron chi connectivity index (χ0n) is 14.1. The van der Waals surface area contributed by atoms with Crippen molar-refractivity contribution in [2.75, 3.05) is 50.4 Å². The highest BCUT2D eigenvalue weighted by atomic mass is 32.9. The van der Waals surface area contributed by atoms with Crippen molar-refractivity contribution in [3.05, 3.63) is 19.1 Å². The second-order valence-corrected chi connectivity index (χ2v) is 13.1. The number of hydrogen-bond donors (Lipinski definition) is 0. The van der Waals surface area contributed by atoms with E-state index in [0.29, 0.717) is 26.4 Å². The van der Waals surface area contributed by atoms with Crippen LogP contribution in [-0.4, -0.2) is 50.4 Å². The van der Waals surface area contributed by atoms with Crippen LogP contribution in [0.1, 0.15) is 0 Å². The zero-order valence-corrected chi connectivity index (χ0v) is 20.7. The highest BCUT2D eigenvalue weighted by Crippen LogP contribution is 2.34. The Balaban J connectivity index is 1.49. The van der Waals surface area contributed by atoms with E-state index in [0.717, 1.165) is 29.7 Å². The topological polar surface area (TPSA) is 52.6 Å². The van der Waals surface area contributed by atoms with E-state index < -0.39 is 0 Å². The van der Waals surface area contributed by atoms with Gasteiger partial charge >= 0.3 is 0 Å². The Kier molecular flexibility index (Phi) is 11.9. The molecule has 0 aliphatic heterocycles. The van der Waals surface area contributed by atoms with Crippen LogP contribution in [0, 0.1) is 0 Å². The highest BCUT2D eigenvalue weighted by molar-refractivity contribution is 8.05. The molecule has 0 aliphatic rings. The Morgan fingerprint density at radius 3 is 1.50 bits per heavy atom. The normalized spacial score (nSPS) is 11.3. The summed E-state index contributed by atoms with van der Waals surface area (Å²) in [7, 11) is 5.69. The Bertz CT molecular complexity index is 697. The molecule has 0 fully saturated rings. The molecule has 4 nitrogen and oxygen atoms in total. The Morgan fingerprint density at radius 2 is 1.12 bits per heavy atom. The second-order valence-electron chi connectivity index (χ2n) is 4.47. The van der Waals surface area contributed by atoms with Crippen molar-refractivity contribution < 1.29 is 9.47 Å². The van der Waals surface area contributed by atoms with Crippen LogP contribution in [0.2, 0.25) is 0 Å². The molecule has 0 radical (unpaired) electrons. The molecule has 2 aromatic heterocycles. The molecule has 146 valence electrons. The predicted octanol–water partition coefficient (Wildman–Crippen LogP) is 5.01. The summed E-state index contributed by atoms with van der Waals surface area (Å²) in [6, 6.07) is 0.